The molecule has 1 atom stereocenters. The lowest BCUT2D eigenvalue weighted by Crippen LogP contribution is -2.07. The predicted molar refractivity (Wildman–Crippen MR) is 76.4 cm³/mol. The van der Waals surface area contributed by atoms with E-state index in [-0.39, 0.29) is 11.9 Å². The second kappa shape index (κ2) is 5.22. The molecule has 1 aromatic carbocycles. The molecule has 104 valence electrons. The Morgan fingerprint density at radius 1 is 1.50 bits per heavy atom. The zero-order valence-electron chi connectivity index (χ0n) is 10.9. The number of ether oxygens (including phenoxy) is 1. The van der Waals surface area contributed by atoms with Crippen molar-refractivity contribution in [1.29, 1.82) is 0 Å². The van der Waals surface area contributed by atoms with Gasteiger partial charge in [0.1, 0.15) is 18.2 Å². The minimum atomic E-state index is -0.344. The van der Waals surface area contributed by atoms with E-state index >= 15 is 0 Å². The normalized spacial score (nSPS) is 12.8. The van der Waals surface area contributed by atoms with Crippen LogP contribution in [0.25, 0.3) is 4.96 Å². The molecular formula is C14H14FN3OS. The first-order valence-corrected chi connectivity index (χ1v) is 7.10. The quantitative estimate of drug-likeness (QED) is 0.803. The number of aromatic nitrogens is 2. The Labute approximate surface area is 119 Å². The number of nitrogens with zero attached hydrogens (tertiary/aromatic N) is 2. The van der Waals surface area contributed by atoms with Gasteiger partial charge in [0.05, 0.1) is 5.69 Å². The fourth-order valence-corrected chi connectivity index (χ4v) is 2.69. The molecule has 3 aromatic rings. The number of imidazole rings is 1. The molecule has 2 N–H and O–H groups in total. The molecule has 20 heavy (non-hydrogen) atoms. The SMILES string of the molecule is C[C@H](N)c1ccc(OCc2cn3ccsc3n2)cc1F. The van der Waals surface area contributed by atoms with E-state index in [1.807, 2.05) is 22.2 Å². The van der Waals surface area contributed by atoms with Gasteiger partial charge in [-0.3, -0.25) is 4.40 Å². The minimum absolute atomic E-state index is 0.311. The molecule has 2 heterocycles. The minimum Gasteiger partial charge on any atom is -0.487 e. The number of benzene rings is 1. The Kier molecular flexibility index (Phi) is 3.42. The van der Waals surface area contributed by atoms with Crippen LogP contribution in [0.15, 0.2) is 36.0 Å². The van der Waals surface area contributed by atoms with E-state index in [4.69, 9.17) is 10.5 Å². The number of hydrogen-bond acceptors (Lipinski definition) is 4. The van der Waals surface area contributed by atoms with Gasteiger partial charge >= 0.3 is 0 Å². The van der Waals surface area contributed by atoms with Crippen LogP contribution in [0.5, 0.6) is 5.75 Å². The van der Waals surface area contributed by atoms with E-state index in [1.54, 1.807) is 30.4 Å². The third-order valence-electron chi connectivity index (χ3n) is 2.99. The van der Waals surface area contributed by atoms with Gasteiger partial charge in [-0.25, -0.2) is 9.37 Å². The highest BCUT2D eigenvalue weighted by atomic mass is 32.1. The molecule has 0 aliphatic heterocycles. The third kappa shape index (κ3) is 2.52. The predicted octanol–water partition coefficient (Wildman–Crippen LogP) is 3.13. The Balaban J connectivity index is 1.72. The number of nitrogens with two attached hydrogens (primary N) is 1. The maximum Gasteiger partial charge on any atom is 0.193 e. The van der Waals surface area contributed by atoms with Crippen molar-refractivity contribution in [3.8, 4) is 5.75 Å². The van der Waals surface area contributed by atoms with E-state index in [9.17, 15) is 4.39 Å². The second-order valence-electron chi connectivity index (χ2n) is 4.59. The van der Waals surface area contributed by atoms with Crippen LogP contribution in [0.3, 0.4) is 0 Å². The van der Waals surface area contributed by atoms with Crippen molar-refractivity contribution in [2.75, 3.05) is 0 Å². The Hall–Kier alpha value is -1.92. The number of rotatable bonds is 4. The Morgan fingerprint density at radius 2 is 2.35 bits per heavy atom. The van der Waals surface area contributed by atoms with Crippen LogP contribution in [0.2, 0.25) is 0 Å². The molecule has 0 spiro atoms. The smallest absolute Gasteiger partial charge is 0.193 e. The van der Waals surface area contributed by atoms with Gasteiger partial charge in [-0.2, -0.15) is 0 Å². The Bertz CT molecular complexity index is 706. The summed E-state index contributed by atoms with van der Waals surface area (Å²) in [5, 5.41) is 1.97. The molecule has 0 aliphatic rings. The second-order valence-corrected chi connectivity index (χ2v) is 5.46. The lowest BCUT2D eigenvalue weighted by molar-refractivity contribution is 0.300. The zero-order valence-corrected chi connectivity index (χ0v) is 11.7. The van der Waals surface area contributed by atoms with Crippen molar-refractivity contribution in [2.24, 2.45) is 5.73 Å². The molecule has 0 bridgehead atoms. The van der Waals surface area contributed by atoms with Gasteiger partial charge in [-0.15, -0.1) is 11.3 Å². The highest BCUT2D eigenvalue weighted by Crippen LogP contribution is 2.21. The van der Waals surface area contributed by atoms with Crippen molar-refractivity contribution in [2.45, 2.75) is 19.6 Å². The lowest BCUT2D eigenvalue weighted by atomic mass is 10.1. The van der Waals surface area contributed by atoms with Crippen LogP contribution < -0.4 is 10.5 Å². The van der Waals surface area contributed by atoms with Crippen molar-refractivity contribution in [3.63, 3.8) is 0 Å². The molecule has 0 fully saturated rings. The Morgan fingerprint density at radius 3 is 3.05 bits per heavy atom. The molecular weight excluding hydrogens is 277 g/mol. The summed E-state index contributed by atoms with van der Waals surface area (Å²) >= 11 is 1.56. The average Bonchev–Trinajstić information content (AvgIpc) is 2.96. The monoisotopic (exact) mass is 291 g/mol. The summed E-state index contributed by atoms with van der Waals surface area (Å²) in [6, 6.07) is 4.40. The van der Waals surface area contributed by atoms with Gasteiger partial charge in [0, 0.05) is 35.4 Å². The summed E-state index contributed by atoms with van der Waals surface area (Å²) < 4.78 is 21.3. The summed E-state index contributed by atoms with van der Waals surface area (Å²) in [5.74, 6) is 0.131. The largest absolute Gasteiger partial charge is 0.487 e. The molecule has 4 nitrogen and oxygen atoms in total. The topological polar surface area (TPSA) is 52.5 Å². The molecule has 0 amide bonds. The molecule has 0 saturated carbocycles. The highest BCUT2D eigenvalue weighted by Gasteiger charge is 2.09. The van der Waals surface area contributed by atoms with Gasteiger partial charge in [0.2, 0.25) is 0 Å². The fourth-order valence-electron chi connectivity index (χ4n) is 1.97. The summed E-state index contributed by atoms with van der Waals surface area (Å²) in [4.78, 5) is 5.32. The van der Waals surface area contributed by atoms with Gasteiger partial charge in [0.25, 0.3) is 0 Å². The first kappa shape index (κ1) is 13.1. The molecule has 0 radical (unpaired) electrons. The number of halogens is 1. The number of thiazole rings is 1. The van der Waals surface area contributed by atoms with E-state index in [2.05, 4.69) is 4.98 Å². The maximum absolute atomic E-state index is 13.8. The van der Waals surface area contributed by atoms with Crippen LogP contribution >= 0.6 is 11.3 Å². The van der Waals surface area contributed by atoms with Crippen molar-refractivity contribution >= 4 is 16.3 Å². The van der Waals surface area contributed by atoms with E-state index in [1.165, 1.54) is 6.07 Å². The standard InChI is InChI=1S/C14H14FN3OS/c1-9(16)12-3-2-11(6-13(12)15)19-8-10-7-18-4-5-20-14(18)17-10/h2-7,9H,8,16H2,1H3/t9-/m0/s1. The summed E-state index contributed by atoms with van der Waals surface area (Å²) in [6.07, 6.45) is 3.84. The zero-order chi connectivity index (χ0) is 14.1. The lowest BCUT2D eigenvalue weighted by Gasteiger charge is -2.09. The molecule has 0 aliphatic carbocycles. The van der Waals surface area contributed by atoms with Crippen LogP contribution in [-0.4, -0.2) is 9.38 Å². The summed E-state index contributed by atoms with van der Waals surface area (Å²) in [5.41, 5.74) is 6.97. The summed E-state index contributed by atoms with van der Waals surface area (Å²) in [7, 11) is 0. The number of hydrogen-bond donors (Lipinski definition) is 1. The third-order valence-corrected chi connectivity index (χ3v) is 3.76. The molecule has 2 aromatic heterocycles. The van der Waals surface area contributed by atoms with Gasteiger partial charge in [0.15, 0.2) is 4.96 Å². The fraction of sp³-hybridized carbons (Fsp3) is 0.214. The van der Waals surface area contributed by atoms with E-state index in [0.29, 0.717) is 17.9 Å². The average molecular weight is 291 g/mol. The van der Waals surface area contributed by atoms with Crippen LogP contribution in [0.1, 0.15) is 24.2 Å². The van der Waals surface area contributed by atoms with Crippen LogP contribution in [-0.2, 0) is 6.61 Å². The van der Waals surface area contributed by atoms with Crippen LogP contribution in [0, 0.1) is 5.82 Å². The van der Waals surface area contributed by atoms with E-state index < -0.39 is 0 Å². The van der Waals surface area contributed by atoms with Gasteiger partial charge < -0.3 is 10.5 Å². The molecule has 0 saturated heterocycles. The van der Waals surface area contributed by atoms with Crippen molar-refractivity contribution < 1.29 is 9.13 Å². The first-order chi connectivity index (χ1) is 9.63. The summed E-state index contributed by atoms with van der Waals surface area (Å²) in [6.45, 7) is 2.06. The number of fused-ring (bicyclic) bond motifs is 1. The molecule has 6 heteroatoms. The van der Waals surface area contributed by atoms with Gasteiger partial charge in [-0.05, 0) is 13.0 Å². The maximum atomic E-state index is 13.8. The van der Waals surface area contributed by atoms with Gasteiger partial charge in [-0.1, -0.05) is 6.07 Å². The van der Waals surface area contributed by atoms with Crippen molar-refractivity contribution in [3.05, 3.63) is 53.0 Å². The first-order valence-electron chi connectivity index (χ1n) is 6.22. The highest BCUT2D eigenvalue weighted by molar-refractivity contribution is 7.15. The molecule has 3 rings (SSSR count). The van der Waals surface area contributed by atoms with E-state index in [0.717, 1.165) is 10.7 Å². The van der Waals surface area contributed by atoms with Crippen molar-refractivity contribution in [1.82, 2.24) is 9.38 Å². The van der Waals surface area contributed by atoms with Crippen LogP contribution in [0.4, 0.5) is 4.39 Å². The molecule has 0 unspecified atom stereocenters.